The third-order valence-electron chi connectivity index (χ3n) is 3.70. The van der Waals surface area contributed by atoms with Crippen LogP contribution >= 0.6 is 11.8 Å². The maximum atomic E-state index is 12.5. The van der Waals surface area contributed by atoms with Crippen molar-refractivity contribution in [3.05, 3.63) is 57.6 Å². The van der Waals surface area contributed by atoms with Crippen LogP contribution in [0.2, 0.25) is 0 Å². The van der Waals surface area contributed by atoms with Crippen LogP contribution in [-0.4, -0.2) is 36.8 Å². The highest BCUT2D eigenvalue weighted by molar-refractivity contribution is 7.99. The summed E-state index contributed by atoms with van der Waals surface area (Å²) in [7, 11) is 1.39. The summed E-state index contributed by atoms with van der Waals surface area (Å²) in [5.41, 5.74) is 0.813. The minimum atomic E-state index is -0.603. The average molecular weight is 390 g/mol. The van der Waals surface area contributed by atoms with Gasteiger partial charge in [0.05, 0.1) is 24.7 Å². The molecule has 144 valence electrons. The van der Waals surface area contributed by atoms with Crippen LogP contribution in [0.25, 0.3) is 0 Å². The van der Waals surface area contributed by atoms with E-state index in [0.717, 1.165) is 4.90 Å². The van der Waals surface area contributed by atoms with Gasteiger partial charge in [-0.25, -0.2) is 0 Å². The largest absolute Gasteiger partial charge is 0.493 e. The number of methoxy groups -OCH3 is 1. The molecule has 0 atom stereocenters. The topological polar surface area (TPSA) is 90.7 Å². The SMILES string of the molecule is CCOc1cc(C(=O)NCCSc2ccc(C)cc2)c([N+](=O)[O-])cc1OC. The normalized spacial score (nSPS) is 10.3. The summed E-state index contributed by atoms with van der Waals surface area (Å²) in [5.74, 6) is 0.645. The summed E-state index contributed by atoms with van der Waals surface area (Å²) in [6, 6.07) is 10.6. The molecule has 27 heavy (non-hydrogen) atoms. The highest BCUT2D eigenvalue weighted by atomic mass is 32.2. The predicted molar refractivity (Wildman–Crippen MR) is 105 cm³/mol. The smallest absolute Gasteiger partial charge is 0.286 e. The van der Waals surface area contributed by atoms with Crippen LogP contribution in [0.1, 0.15) is 22.8 Å². The van der Waals surface area contributed by atoms with Crippen LogP contribution in [0.15, 0.2) is 41.3 Å². The van der Waals surface area contributed by atoms with E-state index < -0.39 is 10.8 Å². The molecule has 8 heteroatoms. The molecule has 0 saturated carbocycles. The van der Waals surface area contributed by atoms with Crippen LogP contribution in [0.4, 0.5) is 5.69 Å². The second-order valence-corrected chi connectivity index (χ2v) is 6.80. The number of nitrogens with one attached hydrogen (secondary N) is 1. The molecule has 1 N–H and O–H groups in total. The minimum Gasteiger partial charge on any atom is -0.493 e. The van der Waals surface area contributed by atoms with Crippen molar-refractivity contribution in [2.45, 2.75) is 18.7 Å². The minimum absolute atomic E-state index is 0.0513. The molecule has 0 spiro atoms. The third-order valence-corrected chi connectivity index (χ3v) is 4.71. The fraction of sp³-hybridized carbons (Fsp3) is 0.316. The Balaban J connectivity index is 2.06. The van der Waals surface area contributed by atoms with Crippen molar-refractivity contribution in [2.75, 3.05) is 26.0 Å². The van der Waals surface area contributed by atoms with Gasteiger partial charge in [0.25, 0.3) is 11.6 Å². The number of rotatable bonds is 9. The summed E-state index contributed by atoms with van der Waals surface area (Å²) < 4.78 is 10.5. The molecule has 0 unspecified atom stereocenters. The number of aryl methyl sites for hydroxylation is 1. The Morgan fingerprint density at radius 1 is 1.22 bits per heavy atom. The molecule has 0 saturated heterocycles. The maximum Gasteiger partial charge on any atom is 0.286 e. The van der Waals surface area contributed by atoms with E-state index in [4.69, 9.17) is 9.47 Å². The maximum absolute atomic E-state index is 12.5. The zero-order valence-corrected chi connectivity index (χ0v) is 16.3. The number of hydrogen-bond acceptors (Lipinski definition) is 6. The molecule has 0 heterocycles. The number of ether oxygens (including phenoxy) is 2. The van der Waals surface area contributed by atoms with Gasteiger partial charge < -0.3 is 14.8 Å². The Bertz CT molecular complexity index is 808. The highest BCUT2D eigenvalue weighted by Crippen LogP contribution is 2.34. The fourth-order valence-corrected chi connectivity index (χ4v) is 3.14. The van der Waals surface area contributed by atoms with Gasteiger partial charge >= 0.3 is 0 Å². The van der Waals surface area contributed by atoms with Gasteiger partial charge in [0, 0.05) is 23.3 Å². The average Bonchev–Trinajstić information content (AvgIpc) is 2.66. The van der Waals surface area contributed by atoms with E-state index in [1.54, 1.807) is 18.7 Å². The second kappa shape index (κ2) is 9.82. The number of nitrogens with zero attached hydrogens (tertiary/aromatic N) is 1. The summed E-state index contributed by atoms with van der Waals surface area (Å²) in [6.07, 6.45) is 0. The Morgan fingerprint density at radius 3 is 2.52 bits per heavy atom. The van der Waals surface area contributed by atoms with Crippen LogP contribution in [0.5, 0.6) is 11.5 Å². The molecule has 0 aliphatic carbocycles. The quantitative estimate of drug-likeness (QED) is 0.303. The lowest BCUT2D eigenvalue weighted by Crippen LogP contribution is -2.26. The Labute approximate surface area is 162 Å². The van der Waals surface area contributed by atoms with Crippen molar-refractivity contribution in [3.8, 4) is 11.5 Å². The van der Waals surface area contributed by atoms with Crippen molar-refractivity contribution in [1.29, 1.82) is 0 Å². The van der Waals surface area contributed by atoms with Crippen LogP contribution in [0, 0.1) is 17.0 Å². The van der Waals surface area contributed by atoms with E-state index in [9.17, 15) is 14.9 Å². The number of amides is 1. The lowest BCUT2D eigenvalue weighted by molar-refractivity contribution is -0.385. The Kier molecular flexibility index (Phi) is 7.48. The van der Waals surface area contributed by atoms with Crippen molar-refractivity contribution in [2.24, 2.45) is 0 Å². The number of nitro groups is 1. The first-order valence-corrected chi connectivity index (χ1v) is 9.41. The van der Waals surface area contributed by atoms with Crippen molar-refractivity contribution in [1.82, 2.24) is 5.32 Å². The van der Waals surface area contributed by atoms with Gasteiger partial charge in [0.15, 0.2) is 11.5 Å². The molecule has 0 radical (unpaired) electrons. The Hall–Kier alpha value is -2.74. The number of carbonyl (C=O) groups excluding carboxylic acids is 1. The Morgan fingerprint density at radius 2 is 1.93 bits per heavy atom. The van der Waals surface area contributed by atoms with Gasteiger partial charge in [-0.2, -0.15) is 0 Å². The van der Waals surface area contributed by atoms with Gasteiger partial charge in [-0.3, -0.25) is 14.9 Å². The third kappa shape index (κ3) is 5.62. The van der Waals surface area contributed by atoms with Gasteiger partial charge in [0.1, 0.15) is 5.56 Å². The summed E-state index contributed by atoms with van der Waals surface area (Å²) in [6.45, 7) is 4.53. The molecule has 0 bridgehead atoms. The summed E-state index contributed by atoms with van der Waals surface area (Å²) in [4.78, 5) is 24.3. The predicted octanol–water partition coefficient (Wildman–Crippen LogP) is 3.83. The van der Waals surface area contributed by atoms with Crippen molar-refractivity contribution < 1.29 is 19.2 Å². The molecule has 2 aromatic rings. The van der Waals surface area contributed by atoms with Crippen molar-refractivity contribution >= 4 is 23.4 Å². The first kappa shape index (κ1) is 20.6. The van der Waals surface area contributed by atoms with Gasteiger partial charge in [-0.15, -0.1) is 11.8 Å². The molecule has 2 aromatic carbocycles. The molecular weight excluding hydrogens is 368 g/mol. The lowest BCUT2D eigenvalue weighted by atomic mass is 10.1. The monoisotopic (exact) mass is 390 g/mol. The molecule has 0 aliphatic rings. The number of carbonyl (C=O) groups is 1. The zero-order chi connectivity index (χ0) is 19.8. The van der Waals surface area contributed by atoms with Crippen molar-refractivity contribution in [3.63, 3.8) is 0 Å². The van der Waals surface area contributed by atoms with Gasteiger partial charge in [0.2, 0.25) is 0 Å². The van der Waals surface area contributed by atoms with Gasteiger partial charge in [-0.1, -0.05) is 17.7 Å². The van der Waals surface area contributed by atoms with E-state index in [0.29, 0.717) is 24.7 Å². The standard InChI is InChI=1S/C19H22N2O5S/c1-4-26-18-11-15(16(21(23)24)12-17(18)25-3)19(22)20-9-10-27-14-7-5-13(2)6-8-14/h5-8,11-12H,4,9-10H2,1-3H3,(H,20,22). The molecule has 0 fully saturated rings. The molecule has 2 rings (SSSR count). The molecule has 0 aromatic heterocycles. The van der Waals surface area contributed by atoms with E-state index >= 15 is 0 Å². The first-order chi connectivity index (χ1) is 13.0. The molecular formula is C19H22N2O5S. The van der Waals surface area contributed by atoms with E-state index in [1.165, 1.54) is 24.8 Å². The number of benzene rings is 2. The molecule has 0 aliphatic heterocycles. The number of hydrogen-bond donors (Lipinski definition) is 1. The van der Waals surface area contributed by atoms with E-state index in [-0.39, 0.29) is 17.0 Å². The van der Waals surface area contributed by atoms with E-state index in [1.807, 2.05) is 31.2 Å². The van der Waals surface area contributed by atoms with Crippen LogP contribution < -0.4 is 14.8 Å². The summed E-state index contributed by atoms with van der Waals surface area (Å²) >= 11 is 1.60. The zero-order valence-electron chi connectivity index (χ0n) is 15.5. The summed E-state index contributed by atoms with van der Waals surface area (Å²) in [5, 5.41) is 14.1. The number of thioether (sulfide) groups is 1. The van der Waals surface area contributed by atoms with Crippen LogP contribution in [-0.2, 0) is 0 Å². The number of nitro benzene ring substituents is 1. The lowest BCUT2D eigenvalue weighted by Gasteiger charge is -2.12. The fourth-order valence-electron chi connectivity index (χ4n) is 2.37. The molecule has 1 amide bonds. The van der Waals surface area contributed by atoms with Gasteiger partial charge in [-0.05, 0) is 26.0 Å². The molecule has 7 nitrogen and oxygen atoms in total. The highest BCUT2D eigenvalue weighted by Gasteiger charge is 2.24. The van der Waals surface area contributed by atoms with Crippen LogP contribution in [0.3, 0.4) is 0 Å². The second-order valence-electron chi connectivity index (χ2n) is 5.63. The first-order valence-electron chi connectivity index (χ1n) is 8.43. The van der Waals surface area contributed by atoms with E-state index in [2.05, 4.69) is 5.32 Å².